The molecule has 3 aromatic carbocycles. The average molecular weight is 656 g/mol. The van der Waals surface area contributed by atoms with Gasteiger partial charge in [-0.2, -0.15) is 4.98 Å². The number of nitrogens with zero attached hydrogens (tertiary/aromatic N) is 4. The molecular weight excluding hydrogens is 622 g/mol. The molecule has 5 rings (SSSR count). The van der Waals surface area contributed by atoms with E-state index in [1.54, 1.807) is 54.6 Å². The normalized spacial score (nSPS) is 13.7. The van der Waals surface area contributed by atoms with Crippen LogP contribution in [0.3, 0.4) is 0 Å². The number of carbonyl (C=O) groups is 1. The van der Waals surface area contributed by atoms with Crippen molar-refractivity contribution in [1.29, 1.82) is 0 Å². The molecule has 10 nitrogen and oxygen atoms in total. The molecular formula is C32H33Cl2FN6O4. The predicted molar refractivity (Wildman–Crippen MR) is 173 cm³/mol. The maximum absolute atomic E-state index is 14.9. The molecule has 2 N–H and O–H groups in total. The SMILES string of the molecule is COc1cccc(Oc2nc(Nc3ccc(OCCCN4CCN(C)CC4)c(F)c3)ncc2C(=O)Nc2c(Cl)cccc2Cl)c1. The molecule has 1 aliphatic rings. The van der Waals surface area contributed by atoms with Crippen LogP contribution in [0.4, 0.5) is 21.7 Å². The maximum Gasteiger partial charge on any atom is 0.262 e. The number of hydrogen-bond acceptors (Lipinski definition) is 9. The van der Waals surface area contributed by atoms with Crippen LogP contribution in [0, 0.1) is 5.82 Å². The lowest BCUT2D eigenvalue weighted by molar-refractivity contribution is 0.102. The van der Waals surface area contributed by atoms with E-state index in [1.165, 1.54) is 19.4 Å². The zero-order valence-corrected chi connectivity index (χ0v) is 26.4. The summed E-state index contributed by atoms with van der Waals surface area (Å²) in [5.74, 6) is -0.0561. The molecule has 4 aromatic rings. The lowest BCUT2D eigenvalue weighted by atomic mass is 10.2. The van der Waals surface area contributed by atoms with Crippen molar-refractivity contribution in [3.8, 4) is 23.1 Å². The van der Waals surface area contributed by atoms with E-state index >= 15 is 0 Å². The van der Waals surface area contributed by atoms with Gasteiger partial charge < -0.3 is 34.6 Å². The van der Waals surface area contributed by atoms with E-state index in [1.807, 2.05) is 0 Å². The Hall–Kier alpha value is -4.16. The van der Waals surface area contributed by atoms with Gasteiger partial charge in [0.1, 0.15) is 17.1 Å². The third kappa shape index (κ3) is 8.73. The van der Waals surface area contributed by atoms with Crippen LogP contribution in [-0.4, -0.2) is 79.2 Å². The minimum absolute atomic E-state index is 0.00542. The highest BCUT2D eigenvalue weighted by Crippen LogP contribution is 2.33. The van der Waals surface area contributed by atoms with Crippen molar-refractivity contribution in [3.63, 3.8) is 0 Å². The number of anilines is 3. The second-order valence-corrected chi connectivity index (χ2v) is 11.2. The summed E-state index contributed by atoms with van der Waals surface area (Å²) in [5, 5.41) is 6.17. The number of para-hydroxylation sites is 1. The van der Waals surface area contributed by atoms with E-state index in [2.05, 4.69) is 37.4 Å². The number of aromatic nitrogens is 2. The molecule has 0 bridgehead atoms. The summed E-state index contributed by atoms with van der Waals surface area (Å²) in [7, 11) is 3.65. The Morgan fingerprint density at radius 1 is 1.00 bits per heavy atom. The smallest absolute Gasteiger partial charge is 0.262 e. The number of benzene rings is 3. The summed E-state index contributed by atoms with van der Waals surface area (Å²) in [6.45, 7) is 5.48. The third-order valence-electron chi connectivity index (χ3n) is 7.12. The summed E-state index contributed by atoms with van der Waals surface area (Å²) in [6.07, 6.45) is 2.09. The van der Waals surface area contributed by atoms with Gasteiger partial charge >= 0.3 is 0 Å². The van der Waals surface area contributed by atoms with Crippen molar-refractivity contribution in [2.24, 2.45) is 0 Å². The molecule has 1 aliphatic heterocycles. The van der Waals surface area contributed by atoms with Crippen LogP contribution in [0.25, 0.3) is 0 Å². The van der Waals surface area contributed by atoms with E-state index in [0.717, 1.165) is 39.1 Å². The lowest BCUT2D eigenvalue weighted by Crippen LogP contribution is -2.44. The van der Waals surface area contributed by atoms with Gasteiger partial charge in [-0.15, -0.1) is 0 Å². The molecule has 2 heterocycles. The fourth-order valence-corrected chi connectivity index (χ4v) is 5.09. The quantitative estimate of drug-likeness (QED) is 0.161. The fraction of sp³-hybridized carbons (Fsp3) is 0.281. The second-order valence-electron chi connectivity index (χ2n) is 10.4. The Morgan fingerprint density at radius 3 is 2.47 bits per heavy atom. The zero-order chi connectivity index (χ0) is 31.8. The monoisotopic (exact) mass is 654 g/mol. The van der Waals surface area contributed by atoms with Gasteiger partial charge in [-0.3, -0.25) is 4.79 Å². The summed E-state index contributed by atoms with van der Waals surface area (Å²) in [6, 6.07) is 16.2. The molecule has 13 heteroatoms. The average Bonchev–Trinajstić information content (AvgIpc) is 3.03. The first-order chi connectivity index (χ1) is 21.8. The molecule has 236 valence electrons. The van der Waals surface area contributed by atoms with Gasteiger partial charge in [-0.05, 0) is 49.9 Å². The minimum Gasteiger partial charge on any atom is -0.497 e. The van der Waals surface area contributed by atoms with Crippen molar-refractivity contribution in [3.05, 3.63) is 88.3 Å². The van der Waals surface area contributed by atoms with Crippen LogP contribution in [-0.2, 0) is 0 Å². The first-order valence-electron chi connectivity index (χ1n) is 14.3. The Labute approximate surface area is 271 Å². The van der Waals surface area contributed by atoms with Gasteiger partial charge in [0, 0.05) is 56.7 Å². The molecule has 0 saturated carbocycles. The first-order valence-corrected chi connectivity index (χ1v) is 15.1. The maximum atomic E-state index is 14.9. The fourth-order valence-electron chi connectivity index (χ4n) is 4.60. The Kier molecular flexibility index (Phi) is 10.9. The van der Waals surface area contributed by atoms with E-state index < -0.39 is 11.7 Å². The number of rotatable bonds is 12. The molecule has 0 unspecified atom stereocenters. The van der Waals surface area contributed by atoms with Gasteiger partial charge in [-0.1, -0.05) is 35.3 Å². The van der Waals surface area contributed by atoms with Gasteiger partial charge in [0.15, 0.2) is 11.6 Å². The Balaban J connectivity index is 1.29. The number of amides is 1. The second kappa shape index (κ2) is 15.2. The number of ether oxygens (including phenoxy) is 3. The molecule has 1 amide bonds. The summed E-state index contributed by atoms with van der Waals surface area (Å²) in [5.41, 5.74) is 0.619. The van der Waals surface area contributed by atoms with Crippen molar-refractivity contribution < 1.29 is 23.4 Å². The first kappa shape index (κ1) is 32.2. The molecule has 1 fully saturated rings. The number of halogens is 3. The van der Waals surface area contributed by atoms with E-state index in [0.29, 0.717) is 23.8 Å². The molecule has 1 saturated heterocycles. The standard InChI is InChI=1S/C32H33Cl2FN6O4/c1-40-13-15-41(16-14-40)12-5-17-44-28-11-10-21(18-27(28)35)37-32-36-20-24(30(42)38-29-25(33)8-4-9-26(29)34)31(39-32)45-23-7-3-6-22(19-23)43-2/h3-4,6-11,18-20H,5,12-17H2,1-2H3,(H,38,42)(H,36,37,39). The number of nitrogens with one attached hydrogen (secondary N) is 2. The highest BCUT2D eigenvalue weighted by molar-refractivity contribution is 6.40. The third-order valence-corrected chi connectivity index (χ3v) is 7.75. The van der Waals surface area contributed by atoms with Gasteiger partial charge in [0.2, 0.25) is 11.8 Å². The topological polar surface area (TPSA) is 101 Å². The van der Waals surface area contributed by atoms with Crippen molar-refractivity contribution in [2.75, 3.05) is 64.1 Å². The van der Waals surface area contributed by atoms with Crippen molar-refractivity contribution >= 4 is 46.4 Å². The molecule has 0 spiro atoms. The van der Waals surface area contributed by atoms with Gasteiger partial charge in [0.25, 0.3) is 5.91 Å². The molecule has 0 aliphatic carbocycles. The Bertz CT molecular complexity index is 1620. The van der Waals surface area contributed by atoms with Crippen LogP contribution in [0.15, 0.2) is 66.9 Å². The molecule has 0 radical (unpaired) electrons. The zero-order valence-electron chi connectivity index (χ0n) is 24.9. The largest absolute Gasteiger partial charge is 0.497 e. The van der Waals surface area contributed by atoms with E-state index in [-0.39, 0.29) is 38.9 Å². The minimum atomic E-state index is -0.602. The van der Waals surface area contributed by atoms with E-state index in [9.17, 15) is 9.18 Å². The Morgan fingerprint density at radius 2 is 1.73 bits per heavy atom. The summed E-state index contributed by atoms with van der Waals surface area (Å²) in [4.78, 5) is 26.7. The highest BCUT2D eigenvalue weighted by Gasteiger charge is 2.20. The number of piperazine rings is 1. The number of likely N-dealkylation sites (N-methyl/N-ethyl adjacent to an activating group) is 1. The molecule has 0 atom stereocenters. The molecule has 45 heavy (non-hydrogen) atoms. The van der Waals surface area contributed by atoms with Crippen molar-refractivity contribution in [2.45, 2.75) is 6.42 Å². The predicted octanol–water partition coefficient (Wildman–Crippen LogP) is 6.74. The lowest BCUT2D eigenvalue weighted by Gasteiger charge is -2.32. The summed E-state index contributed by atoms with van der Waals surface area (Å²) < 4.78 is 31.9. The van der Waals surface area contributed by atoms with E-state index in [4.69, 9.17) is 37.4 Å². The van der Waals surface area contributed by atoms with Crippen LogP contribution in [0.1, 0.15) is 16.8 Å². The van der Waals surface area contributed by atoms with Crippen LogP contribution >= 0.6 is 23.2 Å². The number of carbonyl (C=O) groups excluding carboxylic acids is 1. The molecule has 1 aromatic heterocycles. The van der Waals surface area contributed by atoms with Crippen LogP contribution in [0.5, 0.6) is 23.1 Å². The highest BCUT2D eigenvalue weighted by atomic mass is 35.5. The van der Waals surface area contributed by atoms with Gasteiger partial charge in [-0.25, -0.2) is 9.37 Å². The summed E-state index contributed by atoms with van der Waals surface area (Å²) >= 11 is 12.5. The number of methoxy groups -OCH3 is 1. The van der Waals surface area contributed by atoms with Crippen molar-refractivity contribution in [1.82, 2.24) is 19.8 Å². The van der Waals surface area contributed by atoms with Crippen LogP contribution in [0.2, 0.25) is 10.0 Å². The van der Waals surface area contributed by atoms with Gasteiger partial charge in [0.05, 0.1) is 29.4 Å². The number of hydrogen-bond donors (Lipinski definition) is 2. The van der Waals surface area contributed by atoms with Crippen LogP contribution < -0.4 is 24.8 Å².